The molecule has 0 radical (unpaired) electrons. The highest BCUT2D eigenvalue weighted by molar-refractivity contribution is 5.66. The smallest absolute Gasteiger partial charge is 0.180 e. The van der Waals surface area contributed by atoms with Gasteiger partial charge in [0.2, 0.25) is 0 Å². The summed E-state index contributed by atoms with van der Waals surface area (Å²) in [7, 11) is 0. The van der Waals surface area contributed by atoms with E-state index < -0.39 is 0 Å². The van der Waals surface area contributed by atoms with Crippen molar-refractivity contribution < 1.29 is 0 Å². The molecule has 1 saturated heterocycles. The highest BCUT2D eigenvalue weighted by atomic mass is 15.2. The number of nitrogens with zero attached hydrogens (tertiary/aromatic N) is 4. The molecule has 0 bridgehead atoms. The first kappa shape index (κ1) is 9.45. The van der Waals surface area contributed by atoms with Gasteiger partial charge in [-0.15, -0.1) is 0 Å². The van der Waals surface area contributed by atoms with Crippen molar-refractivity contribution in [3.63, 3.8) is 0 Å². The van der Waals surface area contributed by atoms with Gasteiger partial charge in [-0.25, -0.2) is 9.97 Å². The van der Waals surface area contributed by atoms with Crippen LogP contribution in [0.25, 0.3) is 5.65 Å². The predicted octanol–water partition coefficient (Wildman–Crippen LogP) is 1.30. The van der Waals surface area contributed by atoms with Gasteiger partial charge in [0.25, 0.3) is 0 Å². The molecule has 16 heavy (non-hydrogen) atoms. The molecular weight excluding hydrogens is 202 g/mol. The van der Waals surface area contributed by atoms with Crippen LogP contribution in [0.2, 0.25) is 0 Å². The van der Waals surface area contributed by atoms with Crippen LogP contribution in [0.15, 0.2) is 18.6 Å². The summed E-state index contributed by atoms with van der Waals surface area (Å²) in [4.78, 5) is 11.0. The van der Waals surface area contributed by atoms with Crippen LogP contribution < -0.4 is 10.6 Å². The van der Waals surface area contributed by atoms with Crippen molar-refractivity contribution in [3.8, 4) is 0 Å². The van der Waals surface area contributed by atoms with E-state index in [0.717, 1.165) is 24.6 Å². The van der Waals surface area contributed by atoms with Crippen LogP contribution >= 0.6 is 0 Å². The van der Waals surface area contributed by atoms with Crippen LogP contribution in [0.5, 0.6) is 0 Å². The maximum atomic E-state index is 5.80. The zero-order chi connectivity index (χ0) is 11.0. The fourth-order valence-electron chi connectivity index (χ4n) is 2.25. The SMILES string of the molecule is Nc1cn2ccnc2c(N2CCCCC2)n1. The van der Waals surface area contributed by atoms with Crippen LogP contribution in [-0.2, 0) is 0 Å². The number of imidazole rings is 1. The van der Waals surface area contributed by atoms with Crippen LogP contribution in [-0.4, -0.2) is 27.5 Å². The molecule has 2 N–H and O–H groups in total. The molecule has 0 atom stereocenters. The summed E-state index contributed by atoms with van der Waals surface area (Å²) in [5, 5.41) is 0. The lowest BCUT2D eigenvalue weighted by Gasteiger charge is -2.27. The summed E-state index contributed by atoms with van der Waals surface area (Å²) in [6.45, 7) is 2.11. The number of nitrogens with two attached hydrogens (primary N) is 1. The average molecular weight is 217 g/mol. The van der Waals surface area contributed by atoms with Gasteiger partial charge in [-0.2, -0.15) is 0 Å². The minimum Gasteiger partial charge on any atom is -0.382 e. The summed E-state index contributed by atoms with van der Waals surface area (Å²) >= 11 is 0. The number of anilines is 2. The summed E-state index contributed by atoms with van der Waals surface area (Å²) < 4.78 is 1.94. The number of aromatic nitrogens is 3. The Balaban J connectivity index is 2.09. The van der Waals surface area contributed by atoms with Crippen molar-refractivity contribution >= 4 is 17.3 Å². The second-order valence-corrected chi connectivity index (χ2v) is 4.20. The van der Waals surface area contributed by atoms with E-state index in [1.54, 1.807) is 12.4 Å². The monoisotopic (exact) mass is 217 g/mol. The van der Waals surface area contributed by atoms with E-state index in [9.17, 15) is 0 Å². The van der Waals surface area contributed by atoms with Crippen LogP contribution in [0.3, 0.4) is 0 Å². The number of hydrogen-bond acceptors (Lipinski definition) is 4. The lowest BCUT2D eigenvalue weighted by atomic mass is 10.1. The Labute approximate surface area is 93.9 Å². The second-order valence-electron chi connectivity index (χ2n) is 4.20. The van der Waals surface area contributed by atoms with Crippen LogP contribution in [0, 0.1) is 0 Å². The Bertz CT molecular complexity index is 498. The standard InChI is InChI=1S/C11H15N5/c12-9-8-16-7-4-13-10(16)11(14-9)15-5-2-1-3-6-15/h4,7-8H,1-3,5-6,12H2. The topological polar surface area (TPSA) is 59.5 Å². The van der Waals surface area contributed by atoms with Gasteiger partial charge in [0.05, 0.1) is 6.20 Å². The van der Waals surface area contributed by atoms with Crippen molar-refractivity contribution in [3.05, 3.63) is 18.6 Å². The van der Waals surface area contributed by atoms with E-state index in [-0.39, 0.29) is 0 Å². The highest BCUT2D eigenvalue weighted by Crippen LogP contribution is 2.22. The number of rotatable bonds is 1. The molecule has 5 heteroatoms. The third kappa shape index (κ3) is 1.48. The summed E-state index contributed by atoms with van der Waals surface area (Å²) in [6.07, 6.45) is 9.25. The van der Waals surface area contributed by atoms with Gasteiger partial charge in [-0.1, -0.05) is 0 Å². The predicted molar refractivity (Wildman–Crippen MR) is 63.5 cm³/mol. The largest absolute Gasteiger partial charge is 0.382 e. The average Bonchev–Trinajstić information content (AvgIpc) is 2.77. The van der Waals surface area contributed by atoms with Gasteiger partial charge in [-0.05, 0) is 19.3 Å². The van der Waals surface area contributed by atoms with Gasteiger partial charge in [0.15, 0.2) is 11.5 Å². The minimum absolute atomic E-state index is 0.547. The fraction of sp³-hybridized carbons (Fsp3) is 0.455. The maximum absolute atomic E-state index is 5.80. The van der Waals surface area contributed by atoms with Crippen molar-refractivity contribution in [2.24, 2.45) is 0 Å². The van der Waals surface area contributed by atoms with E-state index in [1.165, 1.54) is 19.3 Å². The first-order valence-electron chi connectivity index (χ1n) is 5.69. The number of piperidine rings is 1. The lowest BCUT2D eigenvalue weighted by molar-refractivity contribution is 0.574. The highest BCUT2D eigenvalue weighted by Gasteiger charge is 2.16. The van der Waals surface area contributed by atoms with E-state index in [1.807, 2.05) is 10.6 Å². The molecule has 5 nitrogen and oxygen atoms in total. The molecule has 84 valence electrons. The molecule has 2 aromatic rings. The van der Waals surface area contributed by atoms with Gasteiger partial charge in [0, 0.05) is 25.5 Å². The van der Waals surface area contributed by atoms with Gasteiger partial charge in [-0.3, -0.25) is 0 Å². The molecule has 0 aromatic carbocycles. The number of fused-ring (bicyclic) bond motifs is 1. The van der Waals surface area contributed by atoms with Crippen molar-refractivity contribution in [2.45, 2.75) is 19.3 Å². The molecule has 1 aliphatic heterocycles. The zero-order valence-corrected chi connectivity index (χ0v) is 9.13. The Morgan fingerprint density at radius 1 is 1.19 bits per heavy atom. The van der Waals surface area contributed by atoms with Crippen molar-refractivity contribution in [1.82, 2.24) is 14.4 Å². The zero-order valence-electron chi connectivity index (χ0n) is 9.13. The fourth-order valence-corrected chi connectivity index (χ4v) is 2.25. The second kappa shape index (κ2) is 3.66. The van der Waals surface area contributed by atoms with Gasteiger partial charge >= 0.3 is 0 Å². The molecule has 0 spiro atoms. The minimum atomic E-state index is 0.547. The molecule has 3 rings (SSSR count). The van der Waals surface area contributed by atoms with Crippen LogP contribution in [0.4, 0.5) is 11.6 Å². The molecule has 2 aromatic heterocycles. The van der Waals surface area contributed by atoms with E-state index in [4.69, 9.17) is 5.73 Å². The summed E-state index contributed by atoms with van der Waals surface area (Å²) in [6, 6.07) is 0. The number of nitrogen functional groups attached to an aromatic ring is 1. The Morgan fingerprint density at radius 3 is 2.81 bits per heavy atom. The van der Waals surface area contributed by atoms with E-state index >= 15 is 0 Å². The molecule has 3 heterocycles. The lowest BCUT2D eigenvalue weighted by Crippen LogP contribution is -2.30. The quantitative estimate of drug-likeness (QED) is 0.782. The number of hydrogen-bond donors (Lipinski definition) is 1. The molecule has 0 saturated carbocycles. The molecule has 0 amide bonds. The van der Waals surface area contributed by atoms with Gasteiger partial charge in [0.1, 0.15) is 5.82 Å². The third-order valence-electron chi connectivity index (χ3n) is 3.03. The third-order valence-corrected chi connectivity index (χ3v) is 3.03. The molecule has 0 aliphatic carbocycles. The Morgan fingerprint density at radius 2 is 2.00 bits per heavy atom. The van der Waals surface area contributed by atoms with E-state index in [0.29, 0.717) is 5.82 Å². The Hall–Kier alpha value is -1.78. The summed E-state index contributed by atoms with van der Waals surface area (Å²) in [5.74, 6) is 1.47. The molecule has 0 unspecified atom stereocenters. The molecular formula is C11H15N5. The molecule has 1 aliphatic rings. The molecule has 1 fully saturated rings. The van der Waals surface area contributed by atoms with Crippen LogP contribution in [0.1, 0.15) is 19.3 Å². The van der Waals surface area contributed by atoms with Crippen molar-refractivity contribution in [1.29, 1.82) is 0 Å². The van der Waals surface area contributed by atoms with E-state index in [2.05, 4.69) is 14.9 Å². The van der Waals surface area contributed by atoms with Gasteiger partial charge < -0.3 is 15.0 Å². The normalized spacial score (nSPS) is 16.9. The first-order valence-corrected chi connectivity index (χ1v) is 5.69. The Kier molecular flexibility index (Phi) is 2.16. The first-order chi connectivity index (χ1) is 7.84. The summed E-state index contributed by atoms with van der Waals surface area (Å²) in [5.41, 5.74) is 6.70. The maximum Gasteiger partial charge on any atom is 0.180 e. The van der Waals surface area contributed by atoms with Crippen molar-refractivity contribution in [2.75, 3.05) is 23.7 Å².